The van der Waals surface area contributed by atoms with Crippen molar-refractivity contribution in [1.29, 1.82) is 0 Å². The molecule has 0 heterocycles. The Morgan fingerprint density at radius 2 is 1.55 bits per heavy atom. The number of rotatable bonds is 4. The van der Waals surface area contributed by atoms with Gasteiger partial charge in [0.25, 0.3) is 15.9 Å². The van der Waals surface area contributed by atoms with Gasteiger partial charge < -0.3 is 4.90 Å². The van der Waals surface area contributed by atoms with Crippen LogP contribution >= 0.6 is 11.6 Å². The lowest BCUT2D eigenvalue weighted by atomic mass is 10.2. The Bertz CT molecular complexity index is 769. The molecule has 0 saturated carbocycles. The maximum atomic E-state index is 12.1. The maximum Gasteiger partial charge on any atom is 0.264 e. The van der Waals surface area contributed by atoms with Crippen molar-refractivity contribution in [3.8, 4) is 0 Å². The quantitative estimate of drug-likeness (QED) is 0.930. The number of hydrogen-bond donors (Lipinski definition) is 1. The van der Waals surface area contributed by atoms with Gasteiger partial charge in [-0.15, -0.1) is 0 Å². The molecular formula is C15H15ClN2O3S. The minimum Gasteiger partial charge on any atom is -0.378 e. The summed E-state index contributed by atoms with van der Waals surface area (Å²) in [6.07, 6.45) is 0. The monoisotopic (exact) mass is 338 g/mol. The molecule has 0 aliphatic heterocycles. The van der Waals surface area contributed by atoms with Crippen LogP contribution in [0, 0.1) is 0 Å². The van der Waals surface area contributed by atoms with Crippen molar-refractivity contribution in [3.05, 3.63) is 59.1 Å². The topological polar surface area (TPSA) is 66.5 Å². The van der Waals surface area contributed by atoms with Crippen LogP contribution in [0.1, 0.15) is 10.4 Å². The first kappa shape index (κ1) is 16.3. The van der Waals surface area contributed by atoms with Crippen LogP contribution in [0.15, 0.2) is 53.4 Å². The third-order valence-corrected chi connectivity index (χ3v) is 4.60. The molecule has 0 fully saturated rings. The molecule has 0 radical (unpaired) electrons. The van der Waals surface area contributed by atoms with Gasteiger partial charge in [-0.25, -0.2) is 13.1 Å². The maximum absolute atomic E-state index is 12.1. The molecule has 7 heteroatoms. The van der Waals surface area contributed by atoms with E-state index in [0.717, 1.165) is 5.69 Å². The molecule has 116 valence electrons. The summed E-state index contributed by atoms with van der Waals surface area (Å²) >= 11 is 5.72. The molecule has 5 nitrogen and oxygen atoms in total. The number of halogens is 1. The summed E-state index contributed by atoms with van der Waals surface area (Å²) in [5.41, 5.74) is 1.18. The zero-order valence-electron chi connectivity index (χ0n) is 12.1. The Labute approximate surface area is 134 Å². The van der Waals surface area contributed by atoms with Crippen LogP contribution in [0.2, 0.25) is 5.02 Å². The van der Waals surface area contributed by atoms with E-state index in [9.17, 15) is 13.2 Å². The molecule has 0 saturated heterocycles. The van der Waals surface area contributed by atoms with Crippen LogP contribution < -0.4 is 9.62 Å². The highest BCUT2D eigenvalue weighted by molar-refractivity contribution is 7.90. The predicted octanol–water partition coefficient (Wildman–Crippen LogP) is 2.52. The van der Waals surface area contributed by atoms with E-state index in [1.807, 2.05) is 23.7 Å². The molecule has 0 spiro atoms. The van der Waals surface area contributed by atoms with Gasteiger partial charge in [-0.3, -0.25) is 4.79 Å². The van der Waals surface area contributed by atoms with Crippen LogP contribution in [0.5, 0.6) is 0 Å². The lowest BCUT2D eigenvalue weighted by Gasteiger charge is -2.12. The SMILES string of the molecule is CN(C)c1ccc(C(=O)NS(=O)(=O)c2ccc(Cl)cc2)cc1. The van der Waals surface area contributed by atoms with E-state index in [1.54, 1.807) is 24.3 Å². The molecule has 0 aromatic heterocycles. The summed E-state index contributed by atoms with van der Waals surface area (Å²) in [4.78, 5) is 13.9. The molecule has 1 N–H and O–H groups in total. The van der Waals surface area contributed by atoms with Gasteiger partial charge in [0.2, 0.25) is 0 Å². The van der Waals surface area contributed by atoms with Crippen molar-refractivity contribution in [1.82, 2.24) is 4.72 Å². The number of anilines is 1. The molecule has 2 aromatic carbocycles. The molecule has 2 aromatic rings. The lowest BCUT2D eigenvalue weighted by Crippen LogP contribution is -2.30. The Morgan fingerprint density at radius 1 is 1.00 bits per heavy atom. The normalized spacial score (nSPS) is 11.0. The first-order valence-electron chi connectivity index (χ1n) is 6.40. The number of carbonyl (C=O) groups is 1. The number of amides is 1. The zero-order valence-corrected chi connectivity index (χ0v) is 13.6. The van der Waals surface area contributed by atoms with Crippen LogP contribution in [-0.2, 0) is 10.0 Å². The molecule has 2 rings (SSSR count). The van der Waals surface area contributed by atoms with E-state index in [-0.39, 0.29) is 10.5 Å². The Hall–Kier alpha value is -2.05. The van der Waals surface area contributed by atoms with Gasteiger partial charge in [0.05, 0.1) is 4.90 Å². The highest BCUT2D eigenvalue weighted by Gasteiger charge is 2.18. The molecule has 0 bridgehead atoms. The van der Waals surface area contributed by atoms with Gasteiger partial charge in [0.1, 0.15) is 0 Å². The number of benzene rings is 2. The second-order valence-electron chi connectivity index (χ2n) is 4.83. The Balaban J connectivity index is 2.18. The molecule has 0 aliphatic rings. The number of sulfonamides is 1. The van der Waals surface area contributed by atoms with E-state index in [1.165, 1.54) is 24.3 Å². The summed E-state index contributed by atoms with van der Waals surface area (Å²) in [7, 11) is -0.169. The first-order chi connectivity index (χ1) is 10.3. The average Bonchev–Trinajstić information content (AvgIpc) is 2.47. The molecule has 0 atom stereocenters. The largest absolute Gasteiger partial charge is 0.378 e. The first-order valence-corrected chi connectivity index (χ1v) is 8.26. The Morgan fingerprint density at radius 3 is 2.05 bits per heavy atom. The fourth-order valence-corrected chi connectivity index (χ4v) is 2.86. The second kappa shape index (κ2) is 6.37. The summed E-state index contributed by atoms with van der Waals surface area (Å²) in [5.74, 6) is -0.680. The average molecular weight is 339 g/mol. The van der Waals surface area contributed by atoms with Crippen molar-refractivity contribution < 1.29 is 13.2 Å². The number of nitrogens with one attached hydrogen (secondary N) is 1. The third-order valence-electron chi connectivity index (χ3n) is 3.00. The summed E-state index contributed by atoms with van der Waals surface area (Å²) in [6, 6.07) is 12.2. The van der Waals surface area contributed by atoms with Gasteiger partial charge >= 0.3 is 0 Å². The summed E-state index contributed by atoms with van der Waals surface area (Å²) in [6.45, 7) is 0. The fourth-order valence-electron chi connectivity index (χ4n) is 1.76. The van der Waals surface area contributed by atoms with Crippen LogP contribution in [-0.4, -0.2) is 28.4 Å². The number of hydrogen-bond acceptors (Lipinski definition) is 4. The van der Waals surface area contributed by atoms with Gasteiger partial charge in [-0.05, 0) is 48.5 Å². The molecule has 22 heavy (non-hydrogen) atoms. The van der Waals surface area contributed by atoms with Gasteiger partial charge in [-0.1, -0.05) is 11.6 Å². The van der Waals surface area contributed by atoms with Crippen molar-refractivity contribution in [2.75, 3.05) is 19.0 Å². The van der Waals surface area contributed by atoms with Gasteiger partial charge in [0.15, 0.2) is 0 Å². The van der Waals surface area contributed by atoms with E-state index >= 15 is 0 Å². The zero-order chi connectivity index (χ0) is 16.3. The molecule has 0 aliphatic carbocycles. The fraction of sp³-hybridized carbons (Fsp3) is 0.133. The highest BCUT2D eigenvalue weighted by atomic mass is 35.5. The molecular weight excluding hydrogens is 324 g/mol. The second-order valence-corrected chi connectivity index (χ2v) is 6.95. The van der Waals surface area contributed by atoms with E-state index in [0.29, 0.717) is 5.02 Å². The summed E-state index contributed by atoms with van der Waals surface area (Å²) in [5, 5.41) is 0.421. The number of nitrogens with zero attached hydrogens (tertiary/aromatic N) is 1. The van der Waals surface area contributed by atoms with E-state index in [4.69, 9.17) is 11.6 Å². The van der Waals surface area contributed by atoms with Gasteiger partial charge in [-0.2, -0.15) is 0 Å². The molecule has 1 amide bonds. The predicted molar refractivity (Wildman–Crippen MR) is 86.9 cm³/mol. The highest BCUT2D eigenvalue weighted by Crippen LogP contribution is 2.15. The number of carbonyl (C=O) groups excluding carboxylic acids is 1. The van der Waals surface area contributed by atoms with Crippen molar-refractivity contribution in [3.63, 3.8) is 0 Å². The Kier molecular flexibility index (Phi) is 4.73. The minimum absolute atomic E-state index is 0.0184. The van der Waals surface area contributed by atoms with Crippen LogP contribution in [0.25, 0.3) is 0 Å². The standard InChI is InChI=1S/C15H15ClN2O3S/c1-18(2)13-7-3-11(4-8-13)15(19)17-22(20,21)14-9-5-12(16)6-10-14/h3-10H,1-2H3,(H,17,19). The third kappa shape index (κ3) is 3.78. The van der Waals surface area contributed by atoms with Crippen LogP contribution in [0.3, 0.4) is 0 Å². The van der Waals surface area contributed by atoms with Crippen molar-refractivity contribution in [2.45, 2.75) is 4.90 Å². The van der Waals surface area contributed by atoms with E-state index < -0.39 is 15.9 Å². The smallest absolute Gasteiger partial charge is 0.264 e. The lowest BCUT2D eigenvalue weighted by molar-refractivity contribution is 0.0981. The van der Waals surface area contributed by atoms with Crippen molar-refractivity contribution >= 4 is 33.2 Å². The van der Waals surface area contributed by atoms with E-state index in [2.05, 4.69) is 0 Å². The minimum atomic E-state index is -3.92. The van der Waals surface area contributed by atoms with Crippen LogP contribution in [0.4, 0.5) is 5.69 Å². The van der Waals surface area contributed by atoms with Gasteiger partial charge in [0, 0.05) is 30.4 Å². The summed E-state index contributed by atoms with van der Waals surface area (Å²) < 4.78 is 26.3. The molecule has 0 unspecified atom stereocenters. The van der Waals surface area contributed by atoms with Crippen molar-refractivity contribution in [2.24, 2.45) is 0 Å².